The molecule has 0 fully saturated rings. The molecule has 1 atom stereocenters. The van der Waals surface area contributed by atoms with Gasteiger partial charge in [-0.05, 0) is 6.92 Å². The van der Waals surface area contributed by atoms with Crippen molar-refractivity contribution in [3.8, 4) is 0 Å². The zero-order chi connectivity index (χ0) is 9.80. The topological polar surface area (TPSA) is 66.5 Å². The number of H-pyrrole nitrogens is 1. The van der Waals surface area contributed by atoms with Crippen molar-refractivity contribution in [1.82, 2.24) is 25.5 Å². The Bertz CT molecular complexity index is 355. The molecule has 2 aromatic rings. The molecule has 74 valence electrons. The fourth-order valence-corrected chi connectivity index (χ4v) is 1.65. The van der Waals surface area contributed by atoms with Crippen LogP contribution in [0.25, 0.3) is 0 Å². The number of hydrogen-bond donors (Lipinski definition) is 2. The fourth-order valence-electron chi connectivity index (χ4n) is 1.10. The van der Waals surface area contributed by atoms with Crippen molar-refractivity contribution >= 4 is 11.3 Å². The van der Waals surface area contributed by atoms with Crippen LogP contribution in [0.15, 0.2) is 18.0 Å². The Labute approximate surface area is 85.6 Å². The molecule has 0 bridgehead atoms. The second kappa shape index (κ2) is 4.30. The number of thiazole rings is 1. The van der Waals surface area contributed by atoms with Crippen molar-refractivity contribution in [2.24, 2.45) is 0 Å². The molecule has 0 aliphatic rings. The van der Waals surface area contributed by atoms with Gasteiger partial charge in [0.25, 0.3) is 0 Å². The number of nitrogens with one attached hydrogen (secondary N) is 2. The Morgan fingerprint density at radius 3 is 3.21 bits per heavy atom. The highest BCUT2D eigenvalue weighted by Crippen LogP contribution is 2.09. The van der Waals surface area contributed by atoms with Gasteiger partial charge in [0.15, 0.2) is 0 Å². The van der Waals surface area contributed by atoms with Crippen LogP contribution in [0.1, 0.15) is 23.7 Å². The molecule has 2 heterocycles. The molecule has 0 radical (unpaired) electrons. The van der Waals surface area contributed by atoms with Gasteiger partial charge in [-0.25, -0.2) is 4.98 Å². The van der Waals surface area contributed by atoms with E-state index in [-0.39, 0.29) is 6.04 Å². The van der Waals surface area contributed by atoms with E-state index in [2.05, 4.69) is 25.5 Å². The second-order valence-corrected chi connectivity index (χ2v) is 3.91. The molecular weight excluding hydrogens is 198 g/mol. The molecule has 0 amide bonds. The van der Waals surface area contributed by atoms with E-state index < -0.39 is 0 Å². The maximum absolute atomic E-state index is 4.07. The molecule has 2 N–H and O–H groups in total. The highest BCUT2D eigenvalue weighted by molar-refractivity contribution is 7.09. The van der Waals surface area contributed by atoms with Gasteiger partial charge < -0.3 is 5.32 Å². The number of nitrogens with zero attached hydrogens (tertiary/aromatic N) is 3. The number of rotatable bonds is 4. The third-order valence-corrected chi connectivity index (χ3v) is 2.69. The van der Waals surface area contributed by atoms with E-state index in [1.165, 1.54) is 11.2 Å². The van der Waals surface area contributed by atoms with E-state index in [1.54, 1.807) is 11.3 Å². The summed E-state index contributed by atoms with van der Waals surface area (Å²) in [7, 11) is 0. The monoisotopic (exact) mass is 209 g/mol. The van der Waals surface area contributed by atoms with Crippen molar-refractivity contribution in [2.75, 3.05) is 0 Å². The molecule has 6 heteroatoms. The van der Waals surface area contributed by atoms with Gasteiger partial charge in [0, 0.05) is 17.6 Å². The summed E-state index contributed by atoms with van der Waals surface area (Å²) >= 11 is 1.64. The van der Waals surface area contributed by atoms with E-state index >= 15 is 0 Å². The van der Waals surface area contributed by atoms with E-state index in [0.717, 1.165) is 12.4 Å². The SMILES string of the molecule is CC(NCc1cncs1)c1ncn[nH]1. The lowest BCUT2D eigenvalue weighted by Crippen LogP contribution is -2.18. The Hall–Kier alpha value is -1.27. The minimum atomic E-state index is 0.180. The van der Waals surface area contributed by atoms with Crippen molar-refractivity contribution in [2.45, 2.75) is 19.5 Å². The molecule has 0 aromatic carbocycles. The summed E-state index contributed by atoms with van der Waals surface area (Å²) < 4.78 is 0. The van der Waals surface area contributed by atoms with Crippen LogP contribution in [0.5, 0.6) is 0 Å². The van der Waals surface area contributed by atoms with Gasteiger partial charge in [0.1, 0.15) is 12.2 Å². The summed E-state index contributed by atoms with van der Waals surface area (Å²) in [5.74, 6) is 0.856. The first kappa shape index (κ1) is 9.29. The van der Waals surface area contributed by atoms with Gasteiger partial charge >= 0.3 is 0 Å². The molecule has 2 aromatic heterocycles. The minimum absolute atomic E-state index is 0.180. The van der Waals surface area contributed by atoms with Gasteiger partial charge in [-0.1, -0.05) is 0 Å². The molecule has 0 aliphatic carbocycles. The summed E-state index contributed by atoms with van der Waals surface area (Å²) in [6.45, 7) is 2.86. The van der Waals surface area contributed by atoms with Crippen LogP contribution in [-0.2, 0) is 6.54 Å². The summed E-state index contributed by atoms with van der Waals surface area (Å²) in [4.78, 5) is 9.30. The smallest absolute Gasteiger partial charge is 0.141 e. The first-order valence-electron chi connectivity index (χ1n) is 4.32. The van der Waals surface area contributed by atoms with E-state index in [9.17, 15) is 0 Å². The highest BCUT2D eigenvalue weighted by atomic mass is 32.1. The number of aromatic amines is 1. The maximum atomic E-state index is 4.07. The minimum Gasteiger partial charge on any atom is -0.303 e. The Balaban J connectivity index is 1.87. The van der Waals surface area contributed by atoms with Gasteiger partial charge in [0.2, 0.25) is 0 Å². The molecular formula is C8H11N5S. The van der Waals surface area contributed by atoms with Crippen LogP contribution in [0.4, 0.5) is 0 Å². The zero-order valence-corrected chi connectivity index (χ0v) is 8.58. The maximum Gasteiger partial charge on any atom is 0.141 e. The Morgan fingerprint density at radius 2 is 2.57 bits per heavy atom. The molecule has 14 heavy (non-hydrogen) atoms. The predicted octanol–water partition coefficient (Wildman–Crippen LogP) is 1.11. The summed E-state index contributed by atoms with van der Waals surface area (Å²) in [6.07, 6.45) is 3.38. The molecule has 1 unspecified atom stereocenters. The van der Waals surface area contributed by atoms with Gasteiger partial charge in [-0.3, -0.25) is 10.1 Å². The van der Waals surface area contributed by atoms with Crippen LogP contribution >= 0.6 is 11.3 Å². The number of hydrogen-bond acceptors (Lipinski definition) is 5. The average molecular weight is 209 g/mol. The van der Waals surface area contributed by atoms with Gasteiger partial charge in [0.05, 0.1) is 11.6 Å². The van der Waals surface area contributed by atoms with Crippen LogP contribution in [0, 0.1) is 0 Å². The van der Waals surface area contributed by atoms with Crippen LogP contribution in [0.2, 0.25) is 0 Å². The first-order valence-corrected chi connectivity index (χ1v) is 5.20. The average Bonchev–Trinajstić information content (AvgIpc) is 2.87. The largest absolute Gasteiger partial charge is 0.303 e. The zero-order valence-electron chi connectivity index (χ0n) is 7.77. The first-order chi connectivity index (χ1) is 6.86. The van der Waals surface area contributed by atoms with Crippen LogP contribution in [0.3, 0.4) is 0 Å². The third-order valence-electron chi connectivity index (χ3n) is 1.91. The van der Waals surface area contributed by atoms with Crippen LogP contribution < -0.4 is 5.32 Å². The van der Waals surface area contributed by atoms with Crippen molar-refractivity contribution in [1.29, 1.82) is 0 Å². The van der Waals surface area contributed by atoms with E-state index in [4.69, 9.17) is 0 Å². The lowest BCUT2D eigenvalue weighted by Gasteiger charge is -2.08. The third kappa shape index (κ3) is 2.15. The van der Waals surface area contributed by atoms with E-state index in [0.29, 0.717) is 0 Å². The molecule has 0 saturated heterocycles. The summed E-state index contributed by atoms with van der Waals surface area (Å²) in [5, 5.41) is 9.96. The van der Waals surface area contributed by atoms with Crippen molar-refractivity contribution in [3.05, 3.63) is 28.7 Å². The van der Waals surface area contributed by atoms with Crippen molar-refractivity contribution < 1.29 is 0 Å². The fraction of sp³-hybridized carbons (Fsp3) is 0.375. The molecule has 0 aliphatic heterocycles. The Kier molecular flexibility index (Phi) is 2.85. The lowest BCUT2D eigenvalue weighted by molar-refractivity contribution is 0.551. The van der Waals surface area contributed by atoms with Crippen LogP contribution in [-0.4, -0.2) is 20.2 Å². The molecule has 0 saturated carbocycles. The summed E-state index contributed by atoms with van der Waals surface area (Å²) in [5.41, 5.74) is 1.83. The normalized spacial score (nSPS) is 12.9. The lowest BCUT2D eigenvalue weighted by atomic mass is 10.3. The second-order valence-electron chi connectivity index (χ2n) is 2.94. The van der Waals surface area contributed by atoms with E-state index in [1.807, 2.05) is 18.6 Å². The predicted molar refractivity (Wildman–Crippen MR) is 53.8 cm³/mol. The quantitative estimate of drug-likeness (QED) is 0.791. The summed E-state index contributed by atoms with van der Waals surface area (Å²) in [6, 6.07) is 0.180. The van der Waals surface area contributed by atoms with Gasteiger partial charge in [-0.2, -0.15) is 5.10 Å². The highest BCUT2D eigenvalue weighted by Gasteiger charge is 2.07. The molecule has 0 spiro atoms. The standard InChI is InChI=1S/C8H11N5S/c1-6(8-11-4-12-13-8)10-3-7-2-9-5-14-7/h2,4-6,10H,3H2,1H3,(H,11,12,13). The molecule has 5 nitrogen and oxygen atoms in total. The van der Waals surface area contributed by atoms with Crippen molar-refractivity contribution in [3.63, 3.8) is 0 Å². The molecule has 2 rings (SSSR count). The number of aromatic nitrogens is 4. The Morgan fingerprint density at radius 1 is 1.64 bits per heavy atom. The van der Waals surface area contributed by atoms with Gasteiger partial charge in [-0.15, -0.1) is 11.3 Å².